The Labute approximate surface area is 112 Å². The Balaban J connectivity index is 1.84. The van der Waals surface area contributed by atoms with Gasteiger partial charge in [-0.25, -0.2) is 0 Å². The number of amides is 1. The third kappa shape index (κ3) is 3.68. The highest BCUT2D eigenvalue weighted by Crippen LogP contribution is 2.14. The second-order valence-corrected chi connectivity index (χ2v) is 5.28. The van der Waals surface area contributed by atoms with Crippen molar-refractivity contribution in [3.05, 3.63) is 29.0 Å². The molecule has 4 nitrogen and oxygen atoms in total. The molecule has 1 aliphatic heterocycles. The van der Waals surface area contributed by atoms with Gasteiger partial charge < -0.3 is 10.2 Å². The van der Waals surface area contributed by atoms with Crippen molar-refractivity contribution in [2.24, 2.45) is 5.92 Å². The summed E-state index contributed by atoms with van der Waals surface area (Å²) in [6.07, 6.45) is 3.92. The molecule has 1 atom stereocenters. The van der Waals surface area contributed by atoms with E-state index in [0.29, 0.717) is 23.2 Å². The number of carbonyl (C=O) groups is 1. The molecule has 0 bridgehead atoms. The van der Waals surface area contributed by atoms with Gasteiger partial charge in [0.1, 0.15) is 5.69 Å². The second kappa shape index (κ2) is 6.16. The quantitative estimate of drug-likeness (QED) is 0.908. The molecule has 1 aromatic rings. The van der Waals surface area contributed by atoms with Gasteiger partial charge in [-0.2, -0.15) is 0 Å². The largest absolute Gasteiger partial charge is 0.350 e. The minimum Gasteiger partial charge on any atom is -0.350 e. The molecule has 2 rings (SSSR count). The zero-order valence-electron chi connectivity index (χ0n) is 10.5. The Morgan fingerprint density at radius 2 is 2.50 bits per heavy atom. The van der Waals surface area contributed by atoms with E-state index in [2.05, 4.69) is 22.2 Å². The van der Waals surface area contributed by atoms with Crippen molar-refractivity contribution in [3.63, 3.8) is 0 Å². The molecule has 0 aromatic carbocycles. The zero-order chi connectivity index (χ0) is 13.0. The first-order valence-electron chi connectivity index (χ1n) is 6.23. The lowest BCUT2D eigenvalue weighted by molar-refractivity contribution is 0.0932. The van der Waals surface area contributed by atoms with E-state index in [9.17, 15) is 4.79 Å². The third-order valence-electron chi connectivity index (χ3n) is 3.23. The smallest absolute Gasteiger partial charge is 0.269 e. The van der Waals surface area contributed by atoms with Gasteiger partial charge in [0.05, 0.1) is 0 Å². The van der Waals surface area contributed by atoms with Crippen LogP contribution in [-0.2, 0) is 0 Å². The standard InChI is InChI=1S/C13H18ClN3O/c1-17-6-2-3-10(9-17)8-16-13(18)12-7-11(14)4-5-15-12/h4-5,7,10H,2-3,6,8-9H2,1H3,(H,16,18). The lowest BCUT2D eigenvalue weighted by atomic mass is 9.98. The van der Waals surface area contributed by atoms with Crippen LogP contribution in [0.3, 0.4) is 0 Å². The van der Waals surface area contributed by atoms with Crippen LogP contribution in [0, 0.1) is 5.92 Å². The summed E-state index contributed by atoms with van der Waals surface area (Å²) >= 11 is 5.83. The van der Waals surface area contributed by atoms with Gasteiger partial charge in [0.25, 0.3) is 5.91 Å². The van der Waals surface area contributed by atoms with E-state index in [1.54, 1.807) is 18.3 Å². The first-order valence-corrected chi connectivity index (χ1v) is 6.61. The molecule has 5 heteroatoms. The SMILES string of the molecule is CN1CCCC(CNC(=O)c2cc(Cl)ccn2)C1. The molecule has 18 heavy (non-hydrogen) atoms. The summed E-state index contributed by atoms with van der Waals surface area (Å²) in [6.45, 7) is 2.90. The van der Waals surface area contributed by atoms with E-state index in [1.807, 2.05) is 0 Å². The molecular weight excluding hydrogens is 250 g/mol. The summed E-state index contributed by atoms with van der Waals surface area (Å²) in [6, 6.07) is 3.25. The fourth-order valence-electron chi connectivity index (χ4n) is 2.30. The summed E-state index contributed by atoms with van der Waals surface area (Å²) in [5.74, 6) is 0.387. The second-order valence-electron chi connectivity index (χ2n) is 4.84. The number of hydrogen-bond acceptors (Lipinski definition) is 3. The van der Waals surface area contributed by atoms with Crippen LogP contribution in [0.1, 0.15) is 23.3 Å². The molecule has 1 unspecified atom stereocenters. The van der Waals surface area contributed by atoms with Crippen LogP contribution in [0.4, 0.5) is 0 Å². The van der Waals surface area contributed by atoms with Gasteiger partial charge in [-0.15, -0.1) is 0 Å². The molecule has 1 amide bonds. The number of halogens is 1. The molecule has 98 valence electrons. The van der Waals surface area contributed by atoms with Crippen molar-refractivity contribution in [1.29, 1.82) is 0 Å². The van der Waals surface area contributed by atoms with Gasteiger partial charge in [0.2, 0.25) is 0 Å². The summed E-state index contributed by atoms with van der Waals surface area (Å²) in [7, 11) is 2.12. The molecule has 1 N–H and O–H groups in total. The Bertz CT molecular complexity index is 424. The molecule has 1 aliphatic rings. The summed E-state index contributed by atoms with van der Waals surface area (Å²) in [5, 5.41) is 3.46. The lowest BCUT2D eigenvalue weighted by Gasteiger charge is -2.29. The van der Waals surface area contributed by atoms with Crippen LogP contribution < -0.4 is 5.32 Å². The van der Waals surface area contributed by atoms with Crippen molar-refractivity contribution in [2.45, 2.75) is 12.8 Å². The van der Waals surface area contributed by atoms with Gasteiger partial charge >= 0.3 is 0 Å². The van der Waals surface area contributed by atoms with Crippen molar-refractivity contribution < 1.29 is 4.79 Å². The predicted molar refractivity (Wildman–Crippen MR) is 71.8 cm³/mol. The monoisotopic (exact) mass is 267 g/mol. The highest BCUT2D eigenvalue weighted by Gasteiger charge is 2.18. The molecule has 0 aliphatic carbocycles. The van der Waals surface area contributed by atoms with E-state index in [1.165, 1.54) is 12.8 Å². The fraction of sp³-hybridized carbons (Fsp3) is 0.538. The predicted octanol–water partition coefficient (Wildman–Crippen LogP) is 1.81. The molecule has 0 saturated carbocycles. The van der Waals surface area contributed by atoms with Crippen LogP contribution in [0.15, 0.2) is 18.3 Å². The van der Waals surface area contributed by atoms with Gasteiger partial charge in [0.15, 0.2) is 0 Å². The highest BCUT2D eigenvalue weighted by molar-refractivity contribution is 6.30. The molecular formula is C13H18ClN3O. The minimum absolute atomic E-state index is 0.147. The van der Waals surface area contributed by atoms with Gasteiger partial charge in [-0.05, 0) is 44.5 Å². The van der Waals surface area contributed by atoms with Gasteiger partial charge in [0, 0.05) is 24.3 Å². The van der Waals surface area contributed by atoms with E-state index in [4.69, 9.17) is 11.6 Å². The summed E-state index contributed by atoms with van der Waals surface area (Å²) < 4.78 is 0. The normalized spacial score (nSPS) is 20.7. The number of rotatable bonds is 3. The summed E-state index contributed by atoms with van der Waals surface area (Å²) in [5.41, 5.74) is 0.381. The van der Waals surface area contributed by atoms with E-state index in [0.717, 1.165) is 13.1 Å². The molecule has 0 radical (unpaired) electrons. The zero-order valence-corrected chi connectivity index (χ0v) is 11.3. The number of nitrogens with one attached hydrogen (secondary N) is 1. The average molecular weight is 268 g/mol. The fourth-order valence-corrected chi connectivity index (χ4v) is 2.46. The number of hydrogen-bond donors (Lipinski definition) is 1. The van der Waals surface area contributed by atoms with Crippen LogP contribution >= 0.6 is 11.6 Å². The van der Waals surface area contributed by atoms with Gasteiger partial charge in [-0.3, -0.25) is 9.78 Å². The number of aromatic nitrogens is 1. The lowest BCUT2D eigenvalue weighted by Crippen LogP contribution is -2.39. The Morgan fingerprint density at radius 1 is 1.67 bits per heavy atom. The maximum absolute atomic E-state index is 11.9. The molecule has 2 heterocycles. The topological polar surface area (TPSA) is 45.2 Å². The molecule has 1 saturated heterocycles. The Hall–Kier alpha value is -1.13. The first kappa shape index (κ1) is 13.3. The van der Waals surface area contributed by atoms with E-state index >= 15 is 0 Å². The van der Waals surface area contributed by atoms with Crippen LogP contribution in [0.2, 0.25) is 5.02 Å². The summed E-state index contributed by atoms with van der Waals surface area (Å²) in [4.78, 5) is 18.2. The highest BCUT2D eigenvalue weighted by atomic mass is 35.5. The maximum Gasteiger partial charge on any atom is 0.269 e. The van der Waals surface area contributed by atoms with Crippen molar-refractivity contribution >= 4 is 17.5 Å². The first-order chi connectivity index (χ1) is 8.65. The van der Waals surface area contributed by atoms with Crippen LogP contribution in [0.25, 0.3) is 0 Å². The van der Waals surface area contributed by atoms with E-state index < -0.39 is 0 Å². The third-order valence-corrected chi connectivity index (χ3v) is 3.46. The maximum atomic E-state index is 11.9. The van der Waals surface area contributed by atoms with E-state index in [-0.39, 0.29) is 5.91 Å². The van der Waals surface area contributed by atoms with Crippen molar-refractivity contribution in [3.8, 4) is 0 Å². The minimum atomic E-state index is -0.147. The van der Waals surface area contributed by atoms with Crippen LogP contribution in [0.5, 0.6) is 0 Å². The number of carbonyl (C=O) groups excluding carboxylic acids is 1. The Kier molecular flexibility index (Phi) is 4.55. The number of pyridine rings is 1. The van der Waals surface area contributed by atoms with Crippen LogP contribution in [-0.4, -0.2) is 42.5 Å². The average Bonchev–Trinajstić information content (AvgIpc) is 2.36. The molecule has 1 aromatic heterocycles. The number of likely N-dealkylation sites (tertiary alicyclic amines) is 1. The van der Waals surface area contributed by atoms with Crippen molar-refractivity contribution in [2.75, 3.05) is 26.7 Å². The molecule has 0 spiro atoms. The van der Waals surface area contributed by atoms with Crippen molar-refractivity contribution in [1.82, 2.24) is 15.2 Å². The number of nitrogens with zero attached hydrogens (tertiary/aromatic N) is 2. The molecule has 1 fully saturated rings. The Morgan fingerprint density at radius 3 is 3.22 bits per heavy atom. The number of piperidine rings is 1. The van der Waals surface area contributed by atoms with Gasteiger partial charge in [-0.1, -0.05) is 11.6 Å².